The normalized spacial score (nSPS) is 10.6. The van der Waals surface area contributed by atoms with Gasteiger partial charge in [-0.15, -0.1) is 0 Å². The maximum absolute atomic E-state index is 10.8. The van der Waals surface area contributed by atoms with Crippen molar-refractivity contribution in [1.29, 1.82) is 0 Å². The van der Waals surface area contributed by atoms with Gasteiger partial charge >= 0.3 is 0 Å². The molecule has 0 bridgehead atoms. The number of nitrogens with zero attached hydrogens (tertiary/aromatic N) is 1. The van der Waals surface area contributed by atoms with E-state index in [0.717, 1.165) is 16.8 Å². The van der Waals surface area contributed by atoms with Crippen molar-refractivity contribution in [3.05, 3.63) is 92.0 Å². The van der Waals surface area contributed by atoms with E-state index in [9.17, 15) is 10.1 Å². The van der Waals surface area contributed by atoms with E-state index in [1.54, 1.807) is 12.1 Å². The number of nitro groups is 1. The van der Waals surface area contributed by atoms with Crippen LogP contribution in [0.1, 0.15) is 29.2 Å². The predicted octanol–water partition coefficient (Wildman–Crippen LogP) is 6.45. The molecule has 0 spiro atoms. The molecule has 6 nitrogen and oxygen atoms in total. The molecule has 0 fully saturated rings. The molecule has 162 valence electrons. The summed E-state index contributed by atoms with van der Waals surface area (Å²) in [6.07, 6.45) is 0. The highest BCUT2D eigenvalue weighted by atomic mass is 35.5. The number of nitrogens with one attached hydrogen (secondary N) is 1. The molecule has 0 aliphatic rings. The van der Waals surface area contributed by atoms with Gasteiger partial charge in [-0.3, -0.25) is 10.1 Å². The van der Waals surface area contributed by atoms with Gasteiger partial charge in [-0.2, -0.15) is 0 Å². The van der Waals surface area contributed by atoms with Gasteiger partial charge < -0.3 is 14.8 Å². The first kappa shape index (κ1) is 22.4. The van der Waals surface area contributed by atoms with Crippen molar-refractivity contribution in [2.45, 2.75) is 33.9 Å². The fourth-order valence-corrected chi connectivity index (χ4v) is 3.34. The molecular formula is C24H25ClN2O4. The zero-order valence-electron chi connectivity index (χ0n) is 17.8. The minimum Gasteiger partial charge on any atom is -0.490 e. The van der Waals surface area contributed by atoms with Crippen molar-refractivity contribution >= 4 is 23.0 Å². The van der Waals surface area contributed by atoms with Crippen molar-refractivity contribution in [2.75, 3.05) is 11.9 Å². The second-order valence-corrected chi connectivity index (χ2v) is 7.61. The van der Waals surface area contributed by atoms with E-state index in [0.29, 0.717) is 29.7 Å². The Bertz CT molecular complexity index is 1070. The van der Waals surface area contributed by atoms with E-state index < -0.39 is 4.92 Å². The van der Waals surface area contributed by atoms with Crippen LogP contribution in [-0.4, -0.2) is 11.5 Å². The maximum Gasteiger partial charge on any atom is 0.269 e. The van der Waals surface area contributed by atoms with Gasteiger partial charge in [0, 0.05) is 24.4 Å². The van der Waals surface area contributed by atoms with Crippen LogP contribution in [0.25, 0.3) is 0 Å². The molecule has 0 unspecified atom stereocenters. The molecule has 3 aromatic carbocycles. The molecule has 0 aliphatic heterocycles. The van der Waals surface area contributed by atoms with Gasteiger partial charge in [0.2, 0.25) is 0 Å². The van der Waals surface area contributed by atoms with Gasteiger partial charge in [0.1, 0.15) is 6.61 Å². The minimum atomic E-state index is -0.431. The number of aryl methyl sites for hydroxylation is 2. The number of non-ortho nitro benzene ring substituents is 1. The van der Waals surface area contributed by atoms with Crippen LogP contribution in [0.4, 0.5) is 11.4 Å². The zero-order valence-corrected chi connectivity index (χ0v) is 18.5. The first-order valence-electron chi connectivity index (χ1n) is 10.00. The number of hydrogen-bond donors (Lipinski definition) is 1. The summed E-state index contributed by atoms with van der Waals surface area (Å²) in [5.74, 6) is 1.02. The van der Waals surface area contributed by atoms with E-state index >= 15 is 0 Å². The number of benzene rings is 3. The average molecular weight is 441 g/mol. The van der Waals surface area contributed by atoms with E-state index in [-0.39, 0.29) is 12.3 Å². The van der Waals surface area contributed by atoms with E-state index in [1.807, 2.05) is 19.1 Å². The van der Waals surface area contributed by atoms with Crippen LogP contribution < -0.4 is 14.8 Å². The van der Waals surface area contributed by atoms with Gasteiger partial charge in [0.05, 0.1) is 16.6 Å². The summed E-state index contributed by atoms with van der Waals surface area (Å²) in [4.78, 5) is 10.4. The van der Waals surface area contributed by atoms with Crippen molar-refractivity contribution in [1.82, 2.24) is 0 Å². The summed E-state index contributed by atoms with van der Waals surface area (Å²) in [7, 11) is 0. The Kier molecular flexibility index (Phi) is 7.36. The first-order valence-corrected chi connectivity index (χ1v) is 10.4. The third-order valence-corrected chi connectivity index (χ3v) is 5.18. The highest BCUT2D eigenvalue weighted by Crippen LogP contribution is 2.37. The number of hydrogen-bond acceptors (Lipinski definition) is 5. The highest BCUT2D eigenvalue weighted by molar-refractivity contribution is 6.32. The third kappa shape index (κ3) is 5.89. The molecule has 1 N–H and O–H groups in total. The molecule has 0 heterocycles. The lowest BCUT2D eigenvalue weighted by Crippen LogP contribution is -2.04. The molecule has 3 rings (SSSR count). The van der Waals surface area contributed by atoms with Crippen molar-refractivity contribution in [3.63, 3.8) is 0 Å². The topological polar surface area (TPSA) is 73.6 Å². The number of halogens is 1. The lowest BCUT2D eigenvalue weighted by atomic mass is 10.1. The van der Waals surface area contributed by atoms with Crippen LogP contribution in [0, 0.1) is 24.0 Å². The Morgan fingerprint density at radius 2 is 1.71 bits per heavy atom. The van der Waals surface area contributed by atoms with Crippen molar-refractivity contribution < 1.29 is 14.4 Å². The molecule has 0 saturated heterocycles. The lowest BCUT2D eigenvalue weighted by Gasteiger charge is -2.16. The zero-order chi connectivity index (χ0) is 22.4. The van der Waals surface area contributed by atoms with Crippen LogP contribution in [0.5, 0.6) is 11.5 Å². The quantitative estimate of drug-likeness (QED) is 0.305. The van der Waals surface area contributed by atoms with Crippen LogP contribution in [0.3, 0.4) is 0 Å². The van der Waals surface area contributed by atoms with E-state index in [4.69, 9.17) is 21.1 Å². The summed E-state index contributed by atoms with van der Waals surface area (Å²) >= 11 is 6.51. The number of anilines is 1. The standard InChI is InChI=1S/C24H25ClN2O4/c1-4-30-23-13-19(14-26-20-8-5-16(2)17(3)11-20)12-22(25)24(23)31-15-18-6-9-21(10-7-18)27(28)29/h5-13,26H,4,14-15H2,1-3H3. The average Bonchev–Trinajstić information content (AvgIpc) is 2.74. The summed E-state index contributed by atoms with van der Waals surface area (Å²) in [6.45, 7) is 7.35. The van der Waals surface area contributed by atoms with Crippen LogP contribution >= 0.6 is 11.6 Å². The van der Waals surface area contributed by atoms with Gasteiger partial charge in [-0.25, -0.2) is 0 Å². The van der Waals surface area contributed by atoms with Gasteiger partial charge in [-0.05, 0) is 79.4 Å². The molecule has 0 aromatic heterocycles. The number of rotatable bonds is 9. The fraction of sp³-hybridized carbons (Fsp3) is 0.250. The summed E-state index contributed by atoms with van der Waals surface area (Å²) < 4.78 is 11.7. The largest absolute Gasteiger partial charge is 0.490 e. The Hall–Kier alpha value is -3.25. The molecule has 0 radical (unpaired) electrons. The van der Waals surface area contributed by atoms with Crippen LogP contribution in [0.2, 0.25) is 5.02 Å². The SMILES string of the molecule is CCOc1cc(CNc2ccc(C)c(C)c2)cc(Cl)c1OCc1ccc([N+](=O)[O-])cc1. The Morgan fingerprint density at radius 1 is 0.968 bits per heavy atom. The van der Waals surface area contributed by atoms with Crippen LogP contribution in [-0.2, 0) is 13.2 Å². The summed E-state index contributed by atoms with van der Waals surface area (Å²) in [6, 6.07) is 16.2. The van der Waals surface area contributed by atoms with E-state index in [2.05, 4.69) is 37.4 Å². The van der Waals surface area contributed by atoms with Crippen LogP contribution in [0.15, 0.2) is 54.6 Å². The smallest absolute Gasteiger partial charge is 0.269 e. The maximum atomic E-state index is 10.8. The summed E-state index contributed by atoms with van der Waals surface area (Å²) in [5, 5.41) is 14.7. The Morgan fingerprint density at radius 3 is 2.35 bits per heavy atom. The number of nitro benzene ring substituents is 1. The molecule has 0 amide bonds. The second-order valence-electron chi connectivity index (χ2n) is 7.20. The molecule has 31 heavy (non-hydrogen) atoms. The summed E-state index contributed by atoms with van der Waals surface area (Å²) in [5.41, 5.74) is 5.32. The molecule has 0 aliphatic carbocycles. The molecule has 0 atom stereocenters. The third-order valence-electron chi connectivity index (χ3n) is 4.90. The molecule has 3 aromatic rings. The van der Waals surface area contributed by atoms with Gasteiger partial charge in [0.15, 0.2) is 11.5 Å². The minimum absolute atomic E-state index is 0.0393. The molecule has 0 saturated carbocycles. The van der Waals surface area contributed by atoms with Crippen molar-refractivity contribution in [2.24, 2.45) is 0 Å². The lowest BCUT2D eigenvalue weighted by molar-refractivity contribution is -0.384. The predicted molar refractivity (Wildman–Crippen MR) is 123 cm³/mol. The molecular weight excluding hydrogens is 416 g/mol. The molecule has 7 heteroatoms. The van der Waals surface area contributed by atoms with E-state index in [1.165, 1.54) is 23.3 Å². The Labute approximate surface area is 186 Å². The number of ether oxygens (including phenoxy) is 2. The monoisotopic (exact) mass is 440 g/mol. The highest BCUT2D eigenvalue weighted by Gasteiger charge is 2.14. The first-order chi connectivity index (χ1) is 14.9. The second kappa shape index (κ2) is 10.2. The fourth-order valence-electron chi connectivity index (χ4n) is 3.05. The van der Waals surface area contributed by atoms with Gasteiger partial charge in [-0.1, -0.05) is 17.7 Å². The van der Waals surface area contributed by atoms with Crippen molar-refractivity contribution in [3.8, 4) is 11.5 Å². The Balaban J connectivity index is 1.73. The van der Waals surface area contributed by atoms with Gasteiger partial charge in [0.25, 0.3) is 5.69 Å².